The molecule has 0 aromatic heterocycles. The van der Waals surface area contributed by atoms with Gasteiger partial charge in [-0.05, 0) is 25.5 Å². The van der Waals surface area contributed by atoms with Crippen molar-refractivity contribution in [1.82, 2.24) is 10.6 Å². The lowest BCUT2D eigenvalue weighted by Gasteiger charge is -2.15. The van der Waals surface area contributed by atoms with E-state index in [4.69, 9.17) is 19.7 Å². The lowest BCUT2D eigenvalue weighted by molar-refractivity contribution is -0.139. The summed E-state index contributed by atoms with van der Waals surface area (Å²) in [6.07, 6.45) is -2.78. The quantitative estimate of drug-likeness (QED) is 0.312. The van der Waals surface area contributed by atoms with Gasteiger partial charge in [-0.2, -0.15) is 13.2 Å². The highest BCUT2D eigenvalue weighted by Gasteiger charge is 2.27. The largest absolute Gasteiger partial charge is 0.496 e. The van der Waals surface area contributed by atoms with Gasteiger partial charge in [0.1, 0.15) is 5.75 Å². The predicted molar refractivity (Wildman–Crippen MR) is 106 cm³/mol. The van der Waals surface area contributed by atoms with E-state index in [0.29, 0.717) is 17.7 Å². The minimum Gasteiger partial charge on any atom is -0.496 e. The molecular formula is C20H24F4N2O7. The van der Waals surface area contributed by atoms with Crippen LogP contribution >= 0.6 is 0 Å². The van der Waals surface area contributed by atoms with E-state index in [1.54, 1.807) is 0 Å². The Morgan fingerprint density at radius 1 is 1.18 bits per heavy atom. The molecule has 1 atom stereocenters. The molecule has 1 saturated heterocycles. The molecule has 1 heterocycles. The smallest absolute Gasteiger partial charge is 0.392 e. The van der Waals surface area contributed by atoms with Gasteiger partial charge in [0.25, 0.3) is 0 Å². The zero-order valence-electron chi connectivity index (χ0n) is 17.6. The van der Waals surface area contributed by atoms with Gasteiger partial charge in [-0.25, -0.2) is 14.0 Å². The summed E-state index contributed by atoms with van der Waals surface area (Å²) < 4.78 is 60.4. The standard InChI is InChI=1S/C16H20F4N2O3.C4H4O4/c1-24-13-8-14(25-6-4-16(18,19)20)11(17)7-10(13)9-22-15(23)12-3-2-5-21-12;5-3(6)1-2-4(7)8/h7-8,12,21H,2-6,9H2,1H3,(H,22,23);1-2H,(H,5,6)(H,7,8)/b;2-1+/t12-;/m0./s1. The van der Waals surface area contributed by atoms with Crippen molar-refractivity contribution in [3.8, 4) is 11.5 Å². The van der Waals surface area contributed by atoms with Crippen molar-refractivity contribution >= 4 is 17.8 Å². The molecule has 1 aromatic rings. The van der Waals surface area contributed by atoms with Crippen LogP contribution in [-0.2, 0) is 20.9 Å². The summed E-state index contributed by atoms with van der Waals surface area (Å²) in [5.74, 6) is -3.62. The molecule has 0 unspecified atom stereocenters. The van der Waals surface area contributed by atoms with E-state index in [9.17, 15) is 31.9 Å². The van der Waals surface area contributed by atoms with Gasteiger partial charge in [-0.1, -0.05) is 0 Å². The molecule has 2 rings (SSSR count). The number of carbonyl (C=O) groups excluding carboxylic acids is 1. The first-order chi connectivity index (χ1) is 15.4. The van der Waals surface area contributed by atoms with Gasteiger partial charge in [0.15, 0.2) is 11.6 Å². The number of benzene rings is 1. The number of hydrogen-bond acceptors (Lipinski definition) is 6. The van der Waals surface area contributed by atoms with E-state index >= 15 is 0 Å². The first-order valence-electron chi connectivity index (χ1n) is 9.64. The Kier molecular flexibility index (Phi) is 11.1. The number of rotatable bonds is 9. The number of carbonyl (C=O) groups is 3. The Morgan fingerprint density at radius 2 is 1.82 bits per heavy atom. The van der Waals surface area contributed by atoms with Crippen molar-refractivity contribution in [3.63, 3.8) is 0 Å². The Labute approximate surface area is 186 Å². The molecule has 33 heavy (non-hydrogen) atoms. The van der Waals surface area contributed by atoms with Crippen LogP contribution in [0.3, 0.4) is 0 Å². The summed E-state index contributed by atoms with van der Waals surface area (Å²) in [7, 11) is 1.34. The number of methoxy groups -OCH3 is 1. The maximum atomic E-state index is 14.0. The first-order valence-corrected chi connectivity index (χ1v) is 9.64. The molecule has 13 heteroatoms. The third-order valence-electron chi connectivity index (χ3n) is 4.18. The number of amides is 1. The van der Waals surface area contributed by atoms with Crippen LogP contribution in [0.2, 0.25) is 0 Å². The van der Waals surface area contributed by atoms with Crippen LogP contribution in [0.4, 0.5) is 17.6 Å². The molecule has 0 radical (unpaired) electrons. The van der Waals surface area contributed by atoms with Crippen LogP contribution in [-0.4, -0.2) is 60.5 Å². The number of carboxylic acid groups (broad SMARTS) is 2. The number of ether oxygens (including phenoxy) is 2. The molecule has 1 fully saturated rings. The molecule has 1 amide bonds. The number of aliphatic carboxylic acids is 2. The van der Waals surface area contributed by atoms with Gasteiger partial charge in [0.2, 0.25) is 5.91 Å². The summed E-state index contributed by atoms with van der Waals surface area (Å²) in [5, 5.41) is 21.4. The molecule has 1 aromatic carbocycles. The fourth-order valence-electron chi connectivity index (χ4n) is 2.65. The van der Waals surface area contributed by atoms with Crippen molar-refractivity contribution in [2.24, 2.45) is 0 Å². The average molecular weight is 480 g/mol. The topological polar surface area (TPSA) is 134 Å². The summed E-state index contributed by atoms with van der Waals surface area (Å²) >= 11 is 0. The predicted octanol–water partition coefficient (Wildman–Crippen LogP) is 2.25. The molecule has 9 nitrogen and oxygen atoms in total. The molecular weight excluding hydrogens is 456 g/mol. The van der Waals surface area contributed by atoms with Crippen molar-refractivity contribution < 1.29 is 51.6 Å². The van der Waals surface area contributed by atoms with Gasteiger partial charge in [0, 0.05) is 30.3 Å². The molecule has 4 N–H and O–H groups in total. The summed E-state index contributed by atoms with van der Waals surface area (Å²) in [4.78, 5) is 31.1. The number of carboxylic acids is 2. The van der Waals surface area contributed by atoms with E-state index < -0.39 is 37.0 Å². The minimum absolute atomic E-state index is 0.0416. The minimum atomic E-state index is -4.38. The van der Waals surface area contributed by atoms with Crippen LogP contribution in [0.15, 0.2) is 24.3 Å². The third kappa shape index (κ3) is 11.2. The molecule has 0 saturated carbocycles. The van der Waals surface area contributed by atoms with E-state index in [1.165, 1.54) is 13.2 Å². The molecule has 0 aliphatic carbocycles. The van der Waals surface area contributed by atoms with Crippen molar-refractivity contribution in [2.45, 2.75) is 38.0 Å². The van der Waals surface area contributed by atoms with Crippen LogP contribution < -0.4 is 20.1 Å². The van der Waals surface area contributed by atoms with E-state index in [-0.39, 0.29) is 30.0 Å². The third-order valence-corrected chi connectivity index (χ3v) is 4.18. The Bertz CT molecular complexity index is 838. The number of halogens is 4. The summed E-state index contributed by atoms with van der Waals surface area (Å²) in [6, 6.07) is 2.01. The second-order valence-electron chi connectivity index (χ2n) is 6.68. The molecule has 0 bridgehead atoms. The van der Waals surface area contributed by atoms with Crippen LogP contribution in [0.5, 0.6) is 11.5 Å². The highest BCUT2D eigenvalue weighted by atomic mass is 19.4. The fourth-order valence-corrected chi connectivity index (χ4v) is 2.65. The highest BCUT2D eigenvalue weighted by molar-refractivity contribution is 5.89. The summed E-state index contributed by atoms with van der Waals surface area (Å²) in [6.45, 7) is 0.132. The maximum Gasteiger partial charge on any atom is 0.392 e. The van der Waals surface area contributed by atoms with Crippen molar-refractivity contribution in [1.29, 1.82) is 0 Å². The molecule has 0 spiro atoms. The van der Waals surface area contributed by atoms with E-state index in [2.05, 4.69) is 10.6 Å². The van der Waals surface area contributed by atoms with Crippen LogP contribution in [0.1, 0.15) is 24.8 Å². The highest BCUT2D eigenvalue weighted by Crippen LogP contribution is 2.29. The van der Waals surface area contributed by atoms with Crippen molar-refractivity contribution in [3.05, 3.63) is 35.7 Å². The van der Waals surface area contributed by atoms with Crippen LogP contribution in [0.25, 0.3) is 0 Å². The van der Waals surface area contributed by atoms with Gasteiger partial charge in [-0.15, -0.1) is 0 Å². The Balaban J connectivity index is 0.000000582. The summed E-state index contributed by atoms with van der Waals surface area (Å²) in [5.41, 5.74) is 0.370. The Morgan fingerprint density at radius 3 is 2.30 bits per heavy atom. The van der Waals surface area contributed by atoms with Gasteiger partial charge < -0.3 is 30.3 Å². The SMILES string of the molecule is COc1cc(OCCC(F)(F)F)c(F)cc1CNC(=O)[C@@H]1CCCN1.O=C(O)/C=C/C(=O)O. The zero-order chi connectivity index (χ0) is 25.0. The van der Waals surface area contributed by atoms with Gasteiger partial charge in [-0.3, -0.25) is 4.79 Å². The second kappa shape index (κ2) is 13.3. The monoisotopic (exact) mass is 480 g/mol. The first kappa shape index (κ1) is 27.7. The fraction of sp³-hybridized carbons (Fsp3) is 0.450. The number of hydrogen-bond donors (Lipinski definition) is 4. The Hall–Kier alpha value is -3.35. The molecule has 184 valence electrons. The average Bonchev–Trinajstić information content (AvgIpc) is 3.26. The maximum absolute atomic E-state index is 14.0. The van der Waals surface area contributed by atoms with Crippen LogP contribution in [0, 0.1) is 5.82 Å². The zero-order valence-corrected chi connectivity index (χ0v) is 17.6. The molecule has 1 aliphatic heterocycles. The van der Waals surface area contributed by atoms with Gasteiger partial charge in [0.05, 0.1) is 26.2 Å². The number of alkyl halides is 3. The number of nitrogens with one attached hydrogen (secondary N) is 2. The second-order valence-corrected chi connectivity index (χ2v) is 6.68. The molecule has 1 aliphatic rings. The normalized spacial score (nSPS) is 15.5. The van der Waals surface area contributed by atoms with Gasteiger partial charge >= 0.3 is 18.1 Å². The lowest BCUT2D eigenvalue weighted by atomic mass is 10.1. The lowest BCUT2D eigenvalue weighted by Crippen LogP contribution is -2.40. The van der Waals surface area contributed by atoms with E-state index in [1.807, 2.05) is 0 Å². The van der Waals surface area contributed by atoms with Crippen molar-refractivity contribution in [2.75, 3.05) is 20.3 Å². The van der Waals surface area contributed by atoms with E-state index in [0.717, 1.165) is 25.5 Å².